The normalized spacial score (nSPS) is 11.3. The summed E-state index contributed by atoms with van der Waals surface area (Å²) in [5.41, 5.74) is 4.73. The van der Waals surface area contributed by atoms with Gasteiger partial charge < -0.3 is 14.6 Å². The molecule has 0 saturated heterocycles. The summed E-state index contributed by atoms with van der Waals surface area (Å²) < 4.78 is 7.07. The SMILES string of the molecule is CCOC(=O)c1sc(NC(=O)CCn2c3ccccc3c3nc4ccccc4nc32)nc1C. The molecule has 0 aliphatic heterocycles. The van der Waals surface area contributed by atoms with Crippen LogP contribution in [0.4, 0.5) is 5.13 Å². The van der Waals surface area contributed by atoms with Crippen LogP contribution < -0.4 is 5.32 Å². The van der Waals surface area contributed by atoms with Gasteiger partial charge in [-0.1, -0.05) is 41.7 Å². The molecule has 1 N–H and O–H groups in total. The summed E-state index contributed by atoms with van der Waals surface area (Å²) in [5.74, 6) is -0.622. The van der Waals surface area contributed by atoms with Gasteiger partial charge >= 0.3 is 5.97 Å². The second-order valence-electron chi connectivity index (χ2n) is 7.51. The van der Waals surface area contributed by atoms with Gasteiger partial charge in [0.2, 0.25) is 5.91 Å². The Morgan fingerprint density at radius 3 is 2.55 bits per heavy atom. The molecule has 8 nitrogen and oxygen atoms in total. The van der Waals surface area contributed by atoms with E-state index >= 15 is 0 Å². The van der Waals surface area contributed by atoms with Crippen LogP contribution in [0.15, 0.2) is 48.5 Å². The van der Waals surface area contributed by atoms with Crippen molar-refractivity contribution in [1.82, 2.24) is 19.5 Å². The molecule has 0 aliphatic rings. The lowest BCUT2D eigenvalue weighted by molar-refractivity contribution is -0.116. The first-order chi connectivity index (χ1) is 16.0. The van der Waals surface area contributed by atoms with Gasteiger partial charge in [0.05, 0.1) is 28.9 Å². The lowest BCUT2D eigenvalue weighted by Crippen LogP contribution is -2.14. The standard InChI is InChI=1S/C24H21N5O3S/c1-3-32-23(31)21-14(2)25-24(33-21)28-19(30)12-13-29-18-11-7-4-8-15(18)20-22(29)27-17-10-6-5-9-16(17)26-20/h4-11H,3,12-13H2,1-2H3,(H,25,28,30). The third kappa shape index (κ3) is 3.91. The number of amides is 1. The molecule has 3 aromatic heterocycles. The van der Waals surface area contributed by atoms with Crippen LogP contribution in [0.25, 0.3) is 33.1 Å². The number of fused-ring (bicyclic) bond motifs is 4. The van der Waals surface area contributed by atoms with Crippen molar-refractivity contribution in [1.29, 1.82) is 0 Å². The summed E-state index contributed by atoms with van der Waals surface area (Å²) in [4.78, 5) is 39.1. The van der Waals surface area contributed by atoms with Crippen molar-refractivity contribution >= 4 is 61.4 Å². The van der Waals surface area contributed by atoms with Gasteiger partial charge in [-0.05, 0) is 32.0 Å². The summed E-state index contributed by atoms with van der Waals surface area (Å²) in [6.45, 7) is 4.19. The van der Waals surface area contributed by atoms with Crippen molar-refractivity contribution in [3.05, 3.63) is 59.1 Å². The number of ether oxygens (including phenoxy) is 1. The molecule has 0 bridgehead atoms. The van der Waals surface area contributed by atoms with E-state index in [4.69, 9.17) is 14.7 Å². The molecule has 0 spiro atoms. The molecule has 0 saturated carbocycles. The topological polar surface area (TPSA) is 99.0 Å². The molecule has 0 radical (unpaired) electrons. The van der Waals surface area contributed by atoms with E-state index in [9.17, 15) is 9.59 Å². The van der Waals surface area contributed by atoms with E-state index in [1.54, 1.807) is 13.8 Å². The van der Waals surface area contributed by atoms with E-state index in [0.717, 1.165) is 44.4 Å². The monoisotopic (exact) mass is 459 g/mol. The van der Waals surface area contributed by atoms with E-state index in [1.807, 2.05) is 53.1 Å². The van der Waals surface area contributed by atoms with Crippen molar-refractivity contribution in [3.63, 3.8) is 0 Å². The number of anilines is 1. The first-order valence-corrected chi connectivity index (χ1v) is 11.4. The number of benzene rings is 2. The van der Waals surface area contributed by atoms with Gasteiger partial charge in [0.15, 0.2) is 10.8 Å². The van der Waals surface area contributed by atoms with E-state index in [1.165, 1.54) is 0 Å². The summed E-state index contributed by atoms with van der Waals surface area (Å²) in [6.07, 6.45) is 0.218. The largest absolute Gasteiger partial charge is 0.462 e. The Hall–Kier alpha value is -3.85. The van der Waals surface area contributed by atoms with Crippen molar-refractivity contribution in [3.8, 4) is 0 Å². The highest BCUT2D eigenvalue weighted by Crippen LogP contribution is 2.29. The number of thiazole rings is 1. The number of hydrogen-bond acceptors (Lipinski definition) is 7. The van der Waals surface area contributed by atoms with Gasteiger partial charge in [0, 0.05) is 18.4 Å². The van der Waals surface area contributed by atoms with Crippen LogP contribution in [0.5, 0.6) is 0 Å². The predicted molar refractivity (Wildman–Crippen MR) is 129 cm³/mol. The zero-order valence-corrected chi connectivity index (χ0v) is 19.0. The molecular weight excluding hydrogens is 438 g/mol. The second kappa shape index (κ2) is 8.59. The first kappa shape index (κ1) is 21.0. The third-order valence-corrected chi connectivity index (χ3v) is 6.38. The molecule has 5 rings (SSSR count). The number of aryl methyl sites for hydroxylation is 2. The fourth-order valence-corrected chi connectivity index (χ4v) is 4.72. The Kier molecular flexibility index (Phi) is 5.47. The number of esters is 1. The quantitative estimate of drug-likeness (QED) is 0.369. The van der Waals surface area contributed by atoms with Gasteiger partial charge in [-0.25, -0.2) is 19.7 Å². The second-order valence-corrected chi connectivity index (χ2v) is 8.50. The van der Waals surface area contributed by atoms with Gasteiger partial charge in [0.25, 0.3) is 0 Å². The predicted octanol–water partition coefficient (Wildman–Crippen LogP) is 4.71. The van der Waals surface area contributed by atoms with Gasteiger partial charge in [-0.3, -0.25) is 4.79 Å². The molecule has 0 aliphatic carbocycles. The number of aromatic nitrogens is 4. The minimum absolute atomic E-state index is 0.196. The van der Waals surface area contributed by atoms with Crippen LogP contribution in [0.2, 0.25) is 0 Å². The fourth-order valence-electron chi connectivity index (χ4n) is 3.84. The molecule has 0 unspecified atom stereocenters. The Balaban J connectivity index is 1.41. The van der Waals surface area contributed by atoms with Gasteiger partial charge in [0.1, 0.15) is 10.4 Å². The summed E-state index contributed by atoms with van der Waals surface area (Å²) in [5, 5.41) is 4.18. The summed E-state index contributed by atoms with van der Waals surface area (Å²) in [6, 6.07) is 15.7. The molecule has 0 atom stereocenters. The number of nitrogens with one attached hydrogen (secondary N) is 1. The molecule has 166 valence electrons. The Morgan fingerprint density at radius 1 is 1.03 bits per heavy atom. The van der Waals surface area contributed by atoms with E-state index < -0.39 is 5.97 Å². The molecule has 0 fully saturated rings. The van der Waals surface area contributed by atoms with Crippen molar-refractivity contribution < 1.29 is 14.3 Å². The Morgan fingerprint density at radius 2 is 1.76 bits per heavy atom. The fraction of sp³-hybridized carbons (Fsp3) is 0.208. The van der Waals surface area contributed by atoms with Crippen molar-refractivity contribution in [2.24, 2.45) is 0 Å². The molecule has 5 aromatic rings. The van der Waals surface area contributed by atoms with Gasteiger partial charge in [-0.15, -0.1) is 0 Å². The van der Waals surface area contributed by atoms with E-state index in [2.05, 4.69) is 10.3 Å². The van der Waals surface area contributed by atoms with Crippen molar-refractivity contribution in [2.45, 2.75) is 26.8 Å². The lowest BCUT2D eigenvalue weighted by atomic mass is 10.2. The van der Waals surface area contributed by atoms with Crippen LogP contribution in [0.1, 0.15) is 28.7 Å². The summed E-state index contributed by atoms with van der Waals surface area (Å²) in [7, 11) is 0. The van der Waals surface area contributed by atoms with Crippen molar-refractivity contribution in [2.75, 3.05) is 11.9 Å². The first-order valence-electron chi connectivity index (χ1n) is 10.6. The van der Waals surface area contributed by atoms with E-state index in [-0.39, 0.29) is 18.9 Å². The average Bonchev–Trinajstić information content (AvgIpc) is 3.33. The maximum atomic E-state index is 12.7. The Labute approximate surface area is 193 Å². The minimum atomic E-state index is -0.427. The van der Waals surface area contributed by atoms with Crippen LogP contribution in [-0.2, 0) is 16.1 Å². The molecule has 3 heterocycles. The zero-order chi connectivity index (χ0) is 22.9. The zero-order valence-electron chi connectivity index (χ0n) is 18.2. The van der Waals surface area contributed by atoms with Crippen LogP contribution in [-0.4, -0.2) is 38.0 Å². The number of nitrogens with zero attached hydrogens (tertiary/aromatic N) is 4. The van der Waals surface area contributed by atoms with Crippen LogP contribution >= 0.6 is 11.3 Å². The number of hydrogen-bond donors (Lipinski definition) is 1. The smallest absolute Gasteiger partial charge is 0.350 e. The third-order valence-electron chi connectivity index (χ3n) is 5.32. The Bertz CT molecular complexity index is 1520. The van der Waals surface area contributed by atoms with Crippen LogP contribution in [0.3, 0.4) is 0 Å². The average molecular weight is 460 g/mol. The van der Waals surface area contributed by atoms with E-state index in [0.29, 0.717) is 22.2 Å². The maximum Gasteiger partial charge on any atom is 0.350 e. The highest BCUT2D eigenvalue weighted by atomic mass is 32.1. The highest BCUT2D eigenvalue weighted by molar-refractivity contribution is 7.17. The van der Waals surface area contributed by atoms with Crippen LogP contribution in [0, 0.1) is 6.92 Å². The number of para-hydroxylation sites is 3. The highest BCUT2D eigenvalue weighted by Gasteiger charge is 2.19. The summed E-state index contributed by atoms with van der Waals surface area (Å²) >= 11 is 1.12. The number of carbonyl (C=O) groups is 2. The molecule has 9 heteroatoms. The molecule has 1 amide bonds. The molecule has 33 heavy (non-hydrogen) atoms. The lowest BCUT2D eigenvalue weighted by Gasteiger charge is -2.07. The molecule has 2 aromatic carbocycles. The molecular formula is C24H21N5O3S. The number of rotatable bonds is 6. The number of carbonyl (C=O) groups excluding carboxylic acids is 2. The minimum Gasteiger partial charge on any atom is -0.462 e. The maximum absolute atomic E-state index is 12.7. The van der Waals surface area contributed by atoms with Gasteiger partial charge in [-0.2, -0.15) is 0 Å².